The molecule has 0 fully saturated rings. The Morgan fingerprint density at radius 1 is 0.778 bits per heavy atom. The summed E-state index contributed by atoms with van der Waals surface area (Å²) >= 11 is 4.18. The van der Waals surface area contributed by atoms with Gasteiger partial charge in [0, 0.05) is 6.42 Å². The number of alkyl halides is 13. The Bertz CT molecular complexity index is 548. The summed E-state index contributed by atoms with van der Waals surface area (Å²) < 4.78 is 194. The second-order valence-corrected chi connectivity index (χ2v) is 5.34. The Hall–Kier alpha value is -1.02. The van der Waals surface area contributed by atoms with E-state index in [1.165, 1.54) is 0 Å². The zero-order valence-corrected chi connectivity index (χ0v) is 12.9. The van der Waals surface area contributed by atoms with E-state index >= 15 is 0 Å². The summed E-state index contributed by atoms with van der Waals surface area (Å²) in [5.74, 6) is -20.6. The first-order valence-electron chi connectivity index (χ1n) is 6.17. The summed E-state index contributed by atoms with van der Waals surface area (Å²) in [6, 6.07) is 0. The van der Waals surface area contributed by atoms with Gasteiger partial charge < -0.3 is 0 Å². The Morgan fingerprint density at radius 2 is 1.19 bits per heavy atom. The van der Waals surface area contributed by atoms with Crippen molar-refractivity contribution in [1.29, 1.82) is 0 Å². The smallest absolute Gasteiger partial charge is 0.251 e. The molecule has 0 aromatic heterocycles. The maximum absolute atomic E-state index is 13.9. The molecule has 0 amide bonds. The predicted octanol–water partition coefficient (Wildman–Crippen LogP) is 6.55. The van der Waals surface area contributed by atoms with E-state index in [-0.39, 0.29) is 0 Å². The number of halogens is 16. The lowest BCUT2D eigenvalue weighted by atomic mass is 9.82. The molecule has 0 bridgehead atoms. The molecule has 0 rings (SSSR count). The molecule has 0 aromatic carbocycles. The second kappa shape index (κ2) is 7.78. The zero-order valence-electron chi connectivity index (χ0n) is 12.1. The van der Waals surface area contributed by atoms with Gasteiger partial charge in [-0.15, -0.1) is 0 Å². The van der Waals surface area contributed by atoms with E-state index in [2.05, 4.69) is 11.6 Å². The first-order valence-corrected chi connectivity index (χ1v) is 6.55. The van der Waals surface area contributed by atoms with Crippen molar-refractivity contribution in [3.8, 4) is 0 Å². The van der Waals surface area contributed by atoms with Crippen LogP contribution in [0.25, 0.3) is 0 Å². The summed E-state index contributed by atoms with van der Waals surface area (Å²) in [6.45, 7) is -2.35. The van der Waals surface area contributed by atoms with Crippen LogP contribution in [0.3, 0.4) is 0 Å². The van der Waals surface area contributed by atoms with E-state index in [4.69, 9.17) is 0 Å². The SMILES string of the molecule is FCCC(F)(F)C(F)C(F)(F)C(F)(C(F)(F)F)C(F)(F)C(F)C(Cl)=C(F)F. The molecule has 3 unspecified atom stereocenters. The predicted molar refractivity (Wildman–Crippen MR) is 60.2 cm³/mol. The fraction of sp³-hybridized carbons (Fsp3) is 0.818. The Labute approximate surface area is 144 Å². The van der Waals surface area contributed by atoms with Gasteiger partial charge in [-0.25, -0.2) is 22.0 Å². The van der Waals surface area contributed by atoms with Crippen molar-refractivity contribution in [1.82, 2.24) is 0 Å². The summed E-state index contributed by atoms with van der Waals surface area (Å²) in [6.07, 6.45) is -25.0. The van der Waals surface area contributed by atoms with Crippen molar-refractivity contribution >= 4 is 11.6 Å². The highest BCUT2D eigenvalue weighted by atomic mass is 35.5. The van der Waals surface area contributed by atoms with Gasteiger partial charge in [-0.1, -0.05) is 11.6 Å². The lowest BCUT2D eigenvalue weighted by molar-refractivity contribution is -0.391. The largest absolute Gasteiger partial charge is 0.434 e. The number of hydrogen-bond acceptors (Lipinski definition) is 0. The molecule has 0 aliphatic rings. The van der Waals surface area contributed by atoms with Crippen molar-refractivity contribution in [3.05, 3.63) is 11.1 Å². The van der Waals surface area contributed by atoms with E-state index in [0.717, 1.165) is 0 Å². The molecule has 162 valence electrons. The number of rotatable bonds is 8. The number of hydrogen-bond donors (Lipinski definition) is 0. The van der Waals surface area contributed by atoms with Crippen LogP contribution in [-0.2, 0) is 0 Å². The molecule has 3 atom stereocenters. The Balaban J connectivity index is 6.68. The Morgan fingerprint density at radius 3 is 1.48 bits per heavy atom. The van der Waals surface area contributed by atoms with Gasteiger partial charge in [0.15, 0.2) is 0 Å². The molecule has 0 aliphatic carbocycles. The fourth-order valence-corrected chi connectivity index (χ4v) is 1.86. The van der Waals surface area contributed by atoms with Crippen LogP contribution in [0.1, 0.15) is 6.42 Å². The van der Waals surface area contributed by atoms with E-state index in [0.29, 0.717) is 0 Å². The quantitative estimate of drug-likeness (QED) is 0.362. The second-order valence-electron chi connectivity index (χ2n) is 4.94. The van der Waals surface area contributed by atoms with Crippen LogP contribution < -0.4 is 0 Å². The number of allylic oxidation sites excluding steroid dienone is 1. The molecule has 0 heterocycles. The third-order valence-electron chi connectivity index (χ3n) is 3.15. The van der Waals surface area contributed by atoms with E-state index in [1.807, 2.05) is 0 Å². The fourth-order valence-electron chi connectivity index (χ4n) is 1.72. The van der Waals surface area contributed by atoms with Crippen molar-refractivity contribution in [2.24, 2.45) is 0 Å². The van der Waals surface area contributed by atoms with Gasteiger partial charge in [0.25, 0.3) is 12.0 Å². The summed E-state index contributed by atoms with van der Waals surface area (Å²) in [5, 5.41) is -3.16. The van der Waals surface area contributed by atoms with Crippen LogP contribution in [0.2, 0.25) is 0 Å². The molecule has 0 aliphatic heterocycles. The third kappa shape index (κ3) is 4.21. The maximum atomic E-state index is 13.9. The van der Waals surface area contributed by atoms with Crippen molar-refractivity contribution < 1.29 is 65.9 Å². The molecular weight excluding hydrogens is 453 g/mol. The standard InChI is InChI=1S/C11H6ClF15/c12-3(5(15)16)4(14)8(20,21)10(24,11(25,26)27)9(22,23)6(17)7(18,19)1-2-13/h4,6H,1-2H2. The van der Waals surface area contributed by atoms with E-state index < -0.39 is 66.2 Å². The van der Waals surface area contributed by atoms with Gasteiger partial charge in [0.1, 0.15) is 5.03 Å². The normalized spacial score (nSPS) is 18.7. The van der Waals surface area contributed by atoms with Crippen LogP contribution in [-0.4, -0.2) is 48.6 Å². The van der Waals surface area contributed by atoms with Gasteiger partial charge in [-0.2, -0.15) is 39.5 Å². The van der Waals surface area contributed by atoms with Gasteiger partial charge in [-0.05, 0) is 0 Å². The summed E-state index contributed by atoms with van der Waals surface area (Å²) in [7, 11) is 0. The van der Waals surface area contributed by atoms with E-state index in [9.17, 15) is 65.9 Å². The minimum atomic E-state index is -7.78. The van der Waals surface area contributed by atoms with Crippen LogP contribution in [0.4, 0.5) is 65.9 Å². The molecule has 0 aromatic rings. The van der Waals surface area contributed by atoms with Crippen LogP contribution in [0.15, 0.2) is 11.1 Å². The highest BCUT2D eigenvalue weighted by Crippen LogP contribution is 2.59. The van der Waals surface area contributed by atoms with E-state index in [1.54, 1.807) is 0 Å². The van der Waals surface area contributed by atoms with Gasteiger partial charge >= 0.3 is 23.7 Å². The minimum absolute atomic E-state index is 2.35. The third-order valence-corrected chi connectivity index (χ3v) is 3.48. The molecule has 0 nitrogen and oxygen atoms in total. The molecule has 0 N–H and O–H groups in total. The molecule has 0 saturated heterocycles. The molecule has 0 saturated carbocycles. The Kier molecular flexibility index (Phi) is 7.48. The first kappa shape index (κ1) is 26.0. The van der Waals surface area contributed by atoms with Gasteiger partial charge in [0.05, 0.1) is 6.67 Å². The lowest BCUT2D eigenvalue weighted by Crippen LogP contribution is -2.73. The monoisotopic (exact) mass is 458 g/mol. The molecule has 16 heteroatoms. The van der Waals surface area contributed by atoms with Gasteiger partial charge in [-0.3, -0.25) is 4.39 Å². The first-order chi connectivity index (χ1) is 11.7. The molecular formula is C11H6ClF15. The topological polar surface area (TPSA) is 0 Å². The maximum Gasteiger partial charge on any atom is 0.434 e. The van der Waals surface area contributed by atoms with Crippen molar-refractivity contribution in [2.45, 2.75) is 48.4 Å². The summed E-state index contributed by atoms with van der Waals surface area (Å²) in [4.78, 5) is 0. The highest BCUT2D eigenvalue weighted by Gasteiger charge is 2.88. The highest BCUT2D eigenvalue weighted by molar-refractivity contribution is 6.30. The average Bonchev–Trinajstić information content (AvgIpc) is 2.49. The van der Waals surface area contributed by atoms with Crippen LogP contribution >= 0.6 is 11.6 Å². The average molecular weight is 459 g/mol. The lowest BCUT2D eigenvalue weighted by Gasteiger charge is -2.42. The minimum Gasteiger partial charge on any atom is -0.251 e. The van der Waals surface area contributed by atoms with Gasteiger partial charge in [0.2, 0.25) is 12.3 Å². The van der Waals surface area contributed by atoms with Crippen LogP contribution in [0.5, 0.6) is 0 Å². The van der Waals surface area contributed by atoms with Crippen molar-refractivity contribution in [3.63, 3.8) is 0 Å². The summed E-state index contributed by atoms with van der Waals surface area (Å²) in [5.41, 5.74) is -7.78. The molecule has 0 spiro atoms. The van der Waals surface area contributed by atoms with Crippen LogP contribution in [0, 0.1) is 0 Å². The molecule has 0 radical (unpaired) electrons. The van der Waals surface area contributed by atoms with Crippen molar-refractivity contribution in [2.75, 3.05) is 6.67 Å². The zero-order chi connectivity index (χ0) is 22.2. The molecule has 27 heavy (non-hydrogen) atoms.